The normalized spacial score (nSPS) is 15.4. The molecule has 1 saturated heterocycles. The second kappa shape index (κ2) is 8.04. The molecule has 1 aromatic heterocycles. The number of pyridine rings is 1. The van der Waals surface area contributed by atoms with Gasteiger partial charge in [-0.15, -0.1) is 0 Å². The van der Waals surface area contributed by atoms with Gasteiger partial charge in [-0.25, -0.2) is 9.78 Å². The molecule has 1 amide bonds. The van der Waals surface area contributed by atoms with Crippen molar-refractivity contribution in [3.8, 4) is 5.88 Å². The predicted molar refractivity (Wildman–Crippen MR) is 95.7 cm³/mol. The van der Waals surface area contributed by atoms with Crippen LogP contribution in [0.2, 0.25) is 0 Å². The lowest BCUT2D eigenvalue weighted by atomic mass is 10.1. The number of aliphatic imine (C=N–C) groups is 1. The van der Waals surface area contributed by atoms with Crippen molar-refractivity contribution in [2.45, 2.75) is 39.0 Å². The molecule has 1 aliphatic rings. The van der Waals surface area contributed by atoms with E-state index in [0.29, 0.717) is 31.5 Å². The fourth-order valence-electron chi connectivity index (χ4n) is 2.29. The van der Waals surface area contributed by atoms with Gasteiger partial charge in [-0.05, 0) is 32.4 Å². The largest absolute Gasteiger partial charge is 0.481 e. The van der Waals surface area contributed by atoms with Gasteiger partial charge in [-0.1, -0.05) is 0 Å². The number of hydrogen-bond acceptors (Lipinski definition) is 5. The Balaban J connectivity index is 1.75. The summed E-state index contributed by atoms with van der Waals surface area (Å²) in [6, 6.07) is 3.94. The van der Waals surface area contributed by atoms with E-state index in [-0.39, 0.29) is 12.1 Å². The first-order chi connectivity index (χ1) is 11.8. The van der Waals surface area contributed by atoms with Crippen molar-refractivity contribution in [1.82, 2.24) is 20.5 Å². The van der Waals surface area contributed by atoms with Crippen LogP contribution in [0.3, 0.4) is 0 Å². The first-order valence-electron chi connectivity index (χ1n) is 8.25. The third-order valence-corrected chi connectivity index (χ3v) is 3.57. The molecule has 2 N–H and O–H groups in total. The van der Waals surface area contributed by atoms with Crippen LogP contribution in [0.4, 0.5) is 4.79 Å². The summed E-state index contributed by atoms with van der Waals surface area (Å²) in [5.74, 6) is 1.26. The Bertz CT molecular complexity index is 621. The first-order valence-corrected chi connectivity index (χ1v) is 8.25. The van der Waals surface area contributed by atoms with Gasteiger partial charge < -0.3 is 25.0 Å². The van der Waals surface area contributed by atoms with Crippen molar-refractivity contribution < 1.29 is 14.3 Å². The highest BCUT2D eigenvalue weighted by Crippen LogP contribution is 2.15. The van der Waals surface area contributed by atoms with Crippen molar-refractivity contribution in [3.63, 3.8) is 0 Å². The molecule has 1 aliphatic heterocycles. The number of amides is 1. The Hall–Kier alpha value is -2.51. The molecule has 8 heteroatoms. The minimum atomic E-state index is -0.473. The number of hydrogen-bond donors (Lipinski definition) is 2. The molecule has 0 aromatic carbocycles. The summed E-state index contributed by atoms with van der Waals surface area (Å²) < 4.78 is 10.5. The third kappa shape index (κ3) is 5.81. The summed E-state index contributed by atoms with van der Waals surface area (Å²) in [6.45, 7) is 7.37. The van der Waals surface area contributed by atoms with Crippen LogP contribution in [-0.2, 0) is 11.3 Å². The lowest BCUT2D eigenvalue weighted by Crippen LogP contribution is -2.63. The standard InChI is InChI=1S/C17H27N5O3/c1-17(2,3)25-16(23)22-10-13(11-22)21-15(18-4)20-9-12-6-7-19-14(8-12)24-5/h6-8,13H,9-11H2,1-5H3,(H2,18,20,21). The Morgan fingerprint density at radius 2 is 2.16 bits per heavy atom. The van der Waals surface area contributed by atoms with E-state index in [1.807, 2.05) is 32.9 Å². The molecule has 2 heterocycles. The summed E-state index contributed by atoms with van der Waals surface area (Å²) in [4.78, 5) is 21.9. The topological polar surface area (TPSA) is 88.1 Å². The fraction of sp³-hybridized carbons (Fsp3) is 0.588. The molecule has 0 radical (unpaired) electrons. The van der Waals surface area contributed by atoms with Crippen LogP contribution in [0, 0.1) is 0 Å². The number of nitrogens with zero attached hydrogens (tertiary/aromatic N) is 3. The van der Waals surface area contributed by atoms with E-state index in [4.69, 9.17) is 9.47 Å². The number of guanidine groups is 1. The van der Waals surface area contributed by atoms with E-state index in [9.17, 15) is 4.79 Å². The average molecular weight is 349 g/mol. The van der Waals surface area contributed by atoms with Gasteiger partial charge in [0.1, 0.15) is 5.60 Å². The highest BCUT2D eigenvalue weighted by molar-refractivity contribution is 5.80. The van der Waals surface area contributed by atoms with Gasteiger partial charge in [0, 0.05) is 38.9 Å². The number of aromatic nitrogens is 1. The van der Waals surface area contributed by atoms with E-state index in [2.05, 4.69) is 20.6 Å². The smallest absolute Gasteiger partial charge is 0.410 e. The quantitative estimate of drug-likeness (QED) is 0.631. The summed E-state index contributed by atoms with van der Waals surface area (Å²) in [5.41, 5.74) is 0.567. The van der Waals surface area contributed by atoms with Gasteiger partial charge in [0.25, 0.3) is 0 Å². The number of ether oxygens (including phenoxy) is 2. The molecule has 0 bridgehead atoms. The fourth-order valence-corrected chi connectivity index (χ4v) is 2.29. The van der Waals surface area contributed by atoms with E-state index in [1.165, 1.54) is 0 Å². The summed E-state index contributed by atoms with van der Waals surface area (Å²) in [6.07, 6.45) is 1.42. The van der Waals surface area contributed by atoms with Gasteiger partial charge in [-0.3, -0.25) is 4.99 Å². The van der Waals surface area contributed by atoms with Crippen LogP contribution in [0.1, 0.15) is 26.3 Å². The Morgan fingerprint density at radius 3 is 2.76 bits per heavy atom. The molecule has 0 spiro atoms. The Labute approximate surface area is 148 Å². The van der Waals surface area contributed by atoms with E-state index < -0.39 is 5.60 Å². The zero-order valence-electron chi connectivity index (χ0n) is 15.5. The molecular formula is C17H27N5O3. The number of likely N-dealkylation sites (tertiary alicyclic amines) is 1. The van der Waals surface area contributed by atoms with Crippen LogP contribution in [0.15, 0.2) is 23.3 Å². The number of carbonyl (C=O) groups excluding carboxylic acids is 1. The molecule has 0 aliphatic carbocycles. The predicted octanol–water partition coefficient (Wildman–Crippen LogP) is 1.37. The third-order valence-electron chi connectivity index (χ3n) is 3.57. The molecule has 0 atom stereocenters. The zero-order chi connectivity index (χ0) is 18.4. The van der Waals surface area contributed by atoms with E-state index in [0.717, 1.165) is 5.56 Å². The van der Waals surface area contributed by atoms with Gasteiger partial charge in [0.05, 0.1) is 13.2 Å². The second-order valence-electron chi connectivity index (χ2n) is 6.86. The molecule has 1 aromatic rings. The molecule has 0 saturated carbocycles. The van der Waals surface area contributed by atoms with Gasteiger partial charge >= 0.3 is 6.09 Å². The van der Waals surface area contributed by atoms with E-state index >= 15 is 0 Å². The highest BCUT2D eigenvalue weighted by atomic mass is 16.6. The number of methoxy groups -OCH3 is 1. The highest BCUT2D eigenvalue weighted by Gasteiger charge is 2.34. The zero-order valence-corrected chi connectivity index (χ0v) is 15.5. The first kappa shape index (κ1) is 18.8. The number of nitrogens with one attached hydrogen (secondary N) is 2. The Kier molecular flexibility index (Phi) is 6.06. The monoisotopic (exact) mass is 349 g/mol. The maximum atomic E-state index is 11.9. The van der Waals surface area contributed by atoms with E-state index in [1.54, 1.807) is 25.3 Å². The average Bonchev–Trinajstić information content (AvgIpc) is 2.51. The lowest BCUT2D eigenvalue weighted by Gasteiger charge is -2.40. The van der Waals surface area contributed by atoms with Crippen molar-refractivity contribution >= 4 is 12.1 Å². The number of carbonyl (C=O) groups is 1. The van der Waals surface area contributed by atoms with Crippen LogP contribution in [0.25, 0.3) is 0 Å². The van der Waals surface area contributed by atoms with Crippen molar-refractivity contribution in [3.05, 3.63) is 23.9 Å². The minimum Gasteiger partial charge on any atom is -0.481 e. The maximum absolute atomic E-state index is 11.9. The maximum Gasteiger partial charge on any atom is 0.410 e. The molecular weight excluding hydrogens is 322 g/mol. The minimum absolute atomic E-state index is 0.158. The van der Waals surface area contributed by atoms with Crippen molar-refractivity contribution in [1.29, 1.82) is 0 Å². The molecule has 2 rings (SSSR count). The van der Waals surface area contributed by atoms with Crippen LogP contribution in [0.5, 0.6) is 5.88 Å². The SMILES string of the molecule is CN=C(NCc1ccnc(OC)c1)NC1CN(C(=O)OC(C)(C)C)C1. The summed E-state index contributed by atoms with van der Waals surface area (Å²) in [7, 11) is 3.31. The molecule has 0 unspecified atom stereocenters. The van der Waals surface area contributed by atoms with Gasteiger partial charge in [0.2, 0.25) is 5.88 Å². The van der Waals surface area contributed by atoms with Crippen LogP contribution >= 0.6 is 0 Å². The van der Waals surface area contributed by atoms with Gasteiger partial charge in [-0.2, -0.15) is 0 Å². The van der Waals surface area contributed by atoms with Crippen molar-refractivity contribution in [2.24, 2.45) is 4.99 Å². The summed E-state index contributed by atoms with van der Waals surface area (Å²) in [5, 5.41) is 6.53. The summed E-state index contributed by atoms with van der Waals surface area (Å²) >= 11 is 0. The molecule has 25 heavy (non-hydrogen) atoms. The van der Waals surface area contributed by atoms with Crippen LogP contribution in [-0.4, -0.2) is 60.8 Å². The molecule has 138 valence electrons. The molecule has 8 nitrogen and oxygen atoms in total. The Morgan fingerprint density at radius 1 is 1.44 bits per heavy atom. The van der Waals surface area contributed by atoms with Gasteiger partial charge in [0.15, 0.2) is 5.96 Å². The second-order valence-corrected chi connectivity index (χ2v) is 6.86. The van der Waals surface area contributed by atoms with Crippen LogP contribution < -0.4 is 15.4 Å². The lowest BCUT2D eigenvalue weighted by molar-refractivity contribution is 0.00701. The number of rotatable bonds is 4. The van der Waals surface area contributed by atoms with Crippen molar-refractivity contribution in [2.75, 3.05) is 27.2 Å². The molecule has 1 fully saturated rings.